The van der Waals surface area contributed by atoms with Gasteiger partial charge in [-0.05, 0) is 42.8 Å². The average Bonchev–Trinajstić information content (AvgIpc) is 3.13. The summed E-state index contributed by atoms with van der Waals surface area (Å²) in [6.07, 6.45) is 0. The zero-order chi connectivity index (χ0) is 18.1. The molecule has 26 heavy (non-hydrogen) atoms. The molecule has 1 aliphatic heterocycles. The fraction of sp³-hybridized carbons (Fsp3) is 0.286. The number of rotatable bonds is 3. The molecular formula is C21H22N2O3. The number of nitrogens with zero attached hydrogens (tertiary/aromatic N) is 2. The molecule has 0 bridgehead atoms. The van der Waals surface area contributed by atoms with E-state index in [4.69, 9.17) is 9.15 Å². The number of amides is 1. The van der Waals surface area contributed by atoms with Gasteiger partial charge in [-0.1, -0.05) is 18.2 Å². The first kappa shape index (κ1) is 16.5. The van der Waals surface area contributed by atoms with Crippen molar-refractivity contribution in [2.24, 2.45) is 0 Å². The van der Waals surface area contributed by atoms with Crippen LogP contribution in [0.15, 0.2) is 52.9 Å². The highest BCUT2D eigenvalue weighted by Gasteiger charge is 2.25. The minimum Gasteiger partial charge on any atom is -0.497 e. The first-order valence-corrected chi connectivity index (χ1v) is 8.83. The van der Waals surface area contributed by atoms with E-state index in [2.05, 4.69) is 17.0 Å². The lowest BCUT2D eigenvalue weighted by molar-refractivity contribution is 0.0717. The molecule has 0 spiro atoms. The van der Waals surface area contributed by atoms with Crippen molar-refractivity contribution < 1.29 is 13.9 Å². The maximum atomic E-state index is 12.8. The highest BCUT2D eigenvalue weighted by molar-refractivity contribution is 5.96. The number of aryl methyl sites for hydroxylation is 1. The summed E-state index contributed by atoms with van der Waals surface area (Å²) in [5.41, 5.74) is 3.00. The van der Waals surface area contributed by atoms with Crippen LogP contribution in [0.25, 0.3) is 11.0 Å². The first-order chi connectivity index (χ1) is 12.7. The zero-order valence-corrected chi connectivity index (χ0v) is 15.1. The van der Waals surface area contributed by atoms with Crippen LogP contribution in [0, 0.1) is 6.92 Å². The van der Waals surface area contributed by atoms with Gasteiger partial charge in [0.25, 0.3) is 5.91 Å². The van der Waals surface area contributed by atoms with Crippen LogP contribution in [-0.2, 0) is 0 Å². The van der Waals surface area contributed by atoms with Crippen molar-refractivity contribution in [3.8, 4) is 5.75 Å². The number of benzene rings is 2. The minimum atomic E-state index is -0.0324. The molecule has 5 nitrogen and oxygen atoms in total. The predicted octanol–water partition coefficient (Wildman–Crippen LogP) is 3.71. The standard InChI is InChI=1S/C21H22N2O3/c1-15-4-3-5-16-14-19(26-20(15)16)21(24)23-12-10-22(11-13-23)17-6-8-18(25-2)9-7-17/h3-9,14H,10-13H2,1-2H3. The number of carbonyl (C=O) groups is 1. The Bertz CT molecular complexity index is 922. The van der Waals surface area contributed by atoms with Crippen molar-refractivity contribution in [2.75, 3.05) is 38.2 Å². The van der Waals surface area contributed by atoms with Gasteiger partial charge in [0.05, 0.1) is 7.11 Å². The Balaban J connectivity index is 1.44. The van der Waals surface area contributed by atoms with Crippen molar-refractivity contribution in [3.63, 3.8) is 0 Å². The monoisotopic (exact) mass is 350 g/mol. The van der Waals surface area contributed by atoms with Gasteiger partial charge in [-0.25, -0.2) is 0 Å². The molecule has 0 N–H and O–H groups in total. The largest absolute Gasteiger partial charge is 0.497 e. The van der Waals surface area contributed by atoms with E-state index in [1.807, 2.05) is 48.2 Å². The maximum Gasteiger partial charge on any atom is 0.289 e. The Morgan fingerprint density at radius 3 is 2.42 bits per heavy atom. The smallest absolute Gasteiger partial charge is 0.289 e. The van der Waals surface area contributed by atoms with Crippen LogP contribution in [0.5, 0.6) is 5.75 Å². The third-order valence-corrected chi connectivity index (χ3v) is 4.96. The molecule has 1 fully saturated rings. The van der Waals surface area contributed by atoms with Gasteiger partial charge in [-0.2, -0.15) is 0 Å². The van der Waals surface area contributed by atoms with Crippen molar-refractivity contribution in [1.82, 2.24) is 4.90 Å². The normalized spacial score (nSPS) is 14.7. The van der Waals surface area contributed by atoms with E-state index in [1.54, 1.807) is 7.11 Å². The lowest BCUT2D eigenvalue weighted by Gasteiger charge is -2.35. The first-order valence-electron chi connectivity index (χ1n) is 8.83. The number of hydrogen-bond acceptors (Lipinski definition) is 4. The molecular weight excluding hydrogens is 328 g/mol. The van der Waals surface area contributed by atoms with Crippen LogP contribution in [-0.4, -0.2) is 44.1 Å². The van der Waals surface area contributed by atoms with Crippen LogP contribution < -0.4 is 9.64 Å². The number of ether oxygens (including phenoxy) is 1. The van der Waals surface area contributed by atoms with E-state index in [0.29, 0.717) is 18.8 Å². The molecule has 1 saturated heterocycles. The van der Waals surface area contributed by atoms with Crippen molar-refractivity contribution in [3.05, 3.63) is 59.9 Å². The number of methoxy groups -OCH3 is 1. The number of fused-ring (bicyclic) bond motifs is 1. The van der Waals surface area contributed by atoms with E-state index in [-0.39, 0.29) is 5.91 Å². The third-order valence-electron chi connectivity index (χ3n) is 4.96. The van der Waals surface area contributed by atoms with E-state index in [0.717, 1.165) is 41.1 Å². The van der Waals surface area contributed by atoms with Gasteiger partial charge in [0.2, 0.25) is 0 Å². The Morgan fingerprint density at radius 1 is 1.04 bits per heavy atom. The molecule has 3 aromatic rings. The van der Waals surface area contributed by atoms with E-state index in [9.17, 15) is 4.79 Å². The maximum absolute atomic E-state index is 12.8. The number of hydrogen-bond donors (Lipinski definition) is 0. The molecule has 2 aromatic carbocycles. The second-order valence-corrected chi connectivity index (χ2v) is 6.58. The molecule has 5 heteroatoms. The van der Waals surface area contributed by atoms with Crippen LogP contribution in [0.2, 0.25) is 0 Å². The molecule has 1 amide bonds. The summed E-state index contributed by atoms with van der Waals surface area (Å²) in [5, 5.41) is 0.977. The number of anilines is 1. The van der Waals surface area contributed by atoms with Gasteiger partial charge in [0.1, 0.15) is 11.3 Å². The van der Waals surface area contributed by atoms with E-state index in [1.165, 1.54) is 0 Å². The molecule has 0 saturated carbocycles. The summed E-state index contributed by atoms with van der Waals surface area (Å²) in [6.45, 7) is 4.96. The summed E-state index contributed by atoms with van der Waals surface area (Å²) in [4.78, 5) is 17.0. The third kappa shape index (κ3) is 3.01. The molecule has 4 rings (SSSR count). The minimum absolute atomic E-state index is 0.0324. The van der Waals surface area contributed by atoms with Gasteiger partial charge < -0.3 is 19.0 Å². The lowest BCUT2D eigenvalue weighted by Crippen LogP contribution is -2.48. The van der Waals surface area contributed by atoms with Gasteiger partial charge in [0.15, 0.2) is 5.76 Å². The molecule has 134 valence electrons. The second kappa shape index (κ2) is 6.75. The molecule has 1 aromatic heterocycles. The fourth-order valence-corrected chi connectivity index (χ4v) is 3.43. The van der Waals surface area contributed by atoms with Gasteiger partial charge in [-0.15, -0.1) is 0 Å². The molecule has 0 atom stereocenters. The number of para-hydroxylation sites is 1. The summed E-state index contributed by atoms with van der Waals surface area (Å²) in [6, 6.07) is 15.8. The van der Waals surface area contributed by atoms with Crippen molar-refractivity contribution >= 4 is 22.6 Å². The Kier molecular flexibility index (Phi) is 4.29. The summed E-state index contributed by atoms with van der Waals surface area (Å²) < 4.78 is 11.0. The van der Waals surface area contributed by atoms with Crippen LogP contribution in [0.1, 0.15) is 16.1 Å². The van der Waals surface area contributed by atoms with E-state index < -0.39 is 0 Å². The highest BCUT2D eigenvalue weighted by atomic mass is 16.5. The molecule has 2 heterocycles. The Hall–Kier alpha value is -2.95. The highest BCUT2D eigenvalue weighted by Crippen LogP contribution is 2.25. The summed E-state index contributed by atoms with van der Waals surface area (Å²) in [7, 11) is 1.67. The SMILES string of the molecule is COc1ccc(N2CCN(C(=O)c3cc4cccc(C)c4o3)CC2)cc1. The molecule has 1 aliphatic rings. The number of carbonyl (C=O) groups excluding carboxylic acids is 1. The fourth-order valence-electron chi connectivity index (χ4n) is 3.43. The van der Waals surface area contributed by atoms with Crippen molar-refractivity contribution in [2.45, 2.75) is 6.92 Å². The van der Waals surface area contributed by atoms with Gasteiger partial charge >= 0.3 is 0 Å². The zero-order valence-electron chi connectivity index (χ0n) is 15.1. The van der Waals surface area contributed by atoms with Gasteiger partial charge in [-0.3, -0.25) is 4.79 Å². The molecule has 0 radical (unpaired) electrons. The topological polar surface area (TPSA) is 45.9 Å². The molecule has 0 unspecified atom stereocenters. The second-order valence-electron chi connectivity index (χ2n) is 6.58. The average molecular weight is 350 g/mol. The quantitative estimate of drug-likeness (QED) is 0.722. The summed E-state index contributed by atoms with van der Waals surface area (Å²) in [5.74, 6) is 1.24. The van der Waals surface area contributed by atoms with Crippen LogP contribution in [0.4, 0.5) is 5.69 Å². The Labute approximate surface area is 152 Å². The van der Waals surface area contributed by atoms with Crippen LogP contribution >= 0.6 is 0 Å². The number of piperazine rings is 1. The summed E-state index contributed by atoms with van der Waals surface area (Å²) >= 11 is 0. The van der Waals surface area contributed by atoms with Gasteiger partial charge in [0, 0.05) is 37.3 Å². The lowest BCUT2D eigenvalue weighted by atomic mass is 10.2. The molecule has 0 aliphatic carbocycles. The van der Waals surface area contributed by atoms with Crippen molar-refractivity contribution in [1.29, 1.82) is 0 Å². The van der Waals surface area contributed by atoms with E-state index >= 15 is 0 Å². The number of furan rings is 1. The Morgan fingerprint density at radius 2 is 1.77 bits per heavy atom. The predicted molar refractivity (Wildman–Crippen MR) is 102 cm³/mol. The van der Waals surface area contributed by atoms with Crippen LogP contribution in [0.3, 0.4) is 0 Å².